The highest BCUT2D eigenvalue weighted by Gasteiger charge is 2.19. The molecule has 1 amide bonds. The summed E-state index contributed by atoms with van der Waals surface area (Å²) >= 11 is 0. The predicted octanol–water partition coefficient (Wildman–Crippen LogP) is 1.01. The van der Waals surface area contributed by atoms with E-state index in [4.69, 9.17) is 5.11 Å². The lowest BCUT2D eigenvalue weighted by Gasteiger charge is -2.06. The average molecular weight is 269 g/mol. The molecule has 0 aliphatic carbocycles. The van der Waals surface area contributed by atoms with Gasteiger partial charge in [0.05, 0.1) is 11.1 Å². The summed E-state index contributed by atoms with van der Waals surface area (Å²) in [5.41, 5.74) is -0.629. The zero-order valence-corrected chi connectivity index (χ0v) is 10.5. The zero-order valence-electron chi connectivity index (χ0n) is 10.5. The van der Waals surface area contributed by atoms with Crippen LogP contribution in [0.2, 0.25) is 0 Å². The van der Waals surface area contributed by atoms with Crippen LogP contribution in [0.5, 0.6) is 0 Å². The molecule has 0 aliphatic heterocycles. The maximum atomic E-state index is 11.5. The number of carbonyl (C=O) groups excluding carboxylic acids is 1. The number of carbonyl (C=O) groups is 2. The first-order valence-corrected chi connectivity index (χ1v) is 5.80. The number of hydrogen-bond donors (Lipinski definition) is 2. The second kappa shape index (κ2) is 6.53. The largest absolute Gasteiger partial charge is 0.477 e. The molecule has 0 radical (unpaired) electrons. The van der Waals surface area contributed by atoms with Gasteiger partial charge < -0.3 is 15.0 Å². The number of amides is 1. The number of nitrogens with zero attached hydrogens (tertiary/aromatic N) is 2. The van der Waals surface area contributed by atoms with Gasteiger partial charge in [-0.25, -0.2) is 4.79 Å². The monoisotopic (exact) mass is 269 g/mol. The van der Waals surface area contributed by atoms with Crippen LogP contribution in [0.15, 0.2) is 12.3 Å². The van der Waals surface area contributed by atoms with E-state index in [1.807, 2.05) is 6.92 Å². The van der Waals surface area contributed by atoms with Crippen molar-refractivity contribution < 1.29 is 19.6 Å². The van der Waals surface area contributed by atoms with Crippen molar-refractivity contribution >= 4 is 17.6 Å². The van der Waals surface area contributed by atoms with Crippen LogP contribution in [0.1, 0.15) is 30.3 Å². The lowest BCUT2D eigenvalue weighted by atomic mass is 10.3. The molecule has 1 aromatic rings. The van der Waals surface area contributed by atoms with Gasteiger partial charge in [0.1, 0.15) is 12.2 Å². The highest BCUT2D eigenvalue weighted by atomic mass is 16.6. The quantitative estimate of drug-likeness (QED) is 0.435. The van der Waals surface area contributed by atoms with Gasteiger partial charge in [-0.2, -0.15) is 0 Å². The molecule has 0 atom stereocenters. The fourth-order valence-electron chi connectivity index (χ4n) is 1.52. The predicted molar refractivity (Wildman–Crippen MR) is 66.0 cm³/mol. The minimum Gasteiger partial charge on any atom is -0.477 e. The van der Waals surface area contributed by atoms with Gasteiger partial charge in [0, 0.05) is 12.6 Å². The van der Waals surface area contributed by atoms with Crippen molar-refractivity contribution in [2.75, 3.05) is 6.54 Å². The lowest BCUT2D eigenvalue weighted by Crippen LogP contribution is -2.29. The summed E-state index contributed by atoms with van der Waals surface area (Å²) in [5.74, 6) is -1.68. The van der Waals surface area contributed by atoms with E-state index in [0.29, 0.717) is 6.54 Å². The third kappa shape index (κ3) is 4.09. The molecular formula is C11H15N3O5. The number of carboxylic acid groups (broad SMARTS) is 1. The van der Waals surface area contributed by atoms with Crippen LogP contribution in [0, 0.1) is 10.1 Å². The molecular weight excluding hydrogens is 254 g/mol. The van der Waals surface area contributed by atoms with E-state index in [-0.39, 0.29) is 23.8 Å². The lowest BCUT2D eigenvalue weighted by molar-refractivity contribution is -0.384. The summed E-state index contributed by atoms with van der Waals surface area (Å²) < 4.78 is 1.06. The van der Waals surface area contributed by atoms with Crippen molar-refractivity contribution in [2.45, 2.75) is 26.3 Å². The summed E-state index contributed by atoms with van der Waals surface area (Å²) in [6.07, 6.45) is 2.79. The van der Waals surface area contributed by atoms with E-state index in [1.54, 1.807) is 0 Å². The van der Waals surface area contributed by atoms with Crippen LogP contribution in [0.25, 0.3) is 0 Å². The molecule has 8 nitrogen and oxygen atoms in total. The van der Waals surface area contributed by atoms with Crippen LogP contribution in [-0.2, 0) is 11.3 Å². The summed E-state index contributed by atoms with van der Waals surface area (Å²) in [6.45, 7) is 2.23. The number of nitro groups is 1. The molecule has 1 rings (SSSR count). The second-order valence-corrected chi connectivity index (χ2v) is 3.98. The molecule has 2 N–H and O–H groups in total. The van der Waals surface area contributed by atoms with Crippen molar-refractivity contribution in [2.24, 2.45) is 0 Å². The number of aromatic carboxylic acids is 1. The van der Waals surface area contributed by atoms with Crippen molar-refractivity contribution in [1.29, 1.82) is 0 Å². The fourth-order valence-corrected chi connectivity index (χ4v) is 1.52. The fraction of sp³-hybridized carbons (Fsp3) is 0.455. The Hall–Kier alpha value is -2.38. The summed E-state index contributed by atoms with van der Waals surface area (Å²) in [4.78, 5) is 32.4. The van der Waals surface area contributed by atoms with Crippen LogP contribution in [-0.4, -0.2) is 33.0 Å². The van der Waals surface area contributed by atoms with Crippen LogP contribution < -0.4 is 5.32 Å². The second-order valence-electron chi connectivity index (χ2n) is 3.98. The summed E-state index contributed by atoms with van der Waals surface area (Å²) in [7, 11) is 0. The molecule has 0 unspecified atom stereocenters. The normalized spacial score (nSPS) is 10.2. The SMILES string of the molecule is CCCCNC(=O)Cn1cc([N+](=O)[O-])cc1C(=O)O. The van der Waals surface area contributed by atoms with E-state index < -0.39 is 10.9 Å². The van der Waals surface area contributed by atoms with Gasteiger partial charge in [0.15, 0.2) is 0 Å². The Labute approximate surface area is 109 Å². The van der Waals surface area contributed by atoms with E-state index >= 15 is 0 Å². The van der Waals surface area contributed by atoms with Crippen molar-refractivity contribution in [1.82, 2.24) is 9.88 Å². The third-order valence-corrected chi connectivity index (χ3v) is 2.48. The van der Waals surface area contributed by atoms with Gasteiger partial charge in [-0.3, -0.25) is 14.9 Å². The van der Waals surface area contributed by atoms with Crippen molar-refractivity contribution in [3.8, 4) is 0 Å². The molecule has 104 valence electrons. The molecule has 8 heteroatoms. The Bertz CT molecular complexity index is 495. The van der Waals surface area contributed by atoms with E-state index in [0.717, 1.165) is 29.7 Å². The maximum Gasteiger partial charge on any atom is 0.352 e. The summed E-state index contributed by atoms with van der Waals surface area (Å²) in [6, 6.07) is 0.932. The average Bonchev–Trinajstić information content (AvgIpc) is 2.73. The Morgan fingerprint density at radius 3 is 2.74 bits per heavy atom. The van der Waals surface area contributed by atoms with E-state index in [9.17, 15) is 19.7 Å². The Morgan fingerprint density at radius 2 is 2.21 bits per heavy atom. The van der Waals surface area contributed by atoms with Gasteiger partial charge in [-0.05, 0) is 6.42 Å². The Balaban J connectivity index is 2.78. The van der Waals surface area contributed by atoms with Gasteiger partial charge in [-0.15, -0.1) is 0 Å². The van der Waals surface area contributed by atoms with Gasteiger partial charge in [0.2, 0.25) is 5.91 Å². The van der Waals surface area contributed by atoms with Gasteiger partial charge in [0.25, 0.3) is 5.69 Å². The first kappa shape index (κ1) is 14.7. The van der Waals surface area contributed by atoms with E-state index in [1.165, 1.54) is 0 Å². The number of hydrogen-bond acceptors (Lipinski definition) is 4. The molecule has 0 bridgehead atoms. The Morgan fingerprint density at radius 1 is 1.53 bits per heavy atom. The smallest absolute Gasteiger partial charge is 0.352 e. The summed E-state index contributed by atoms with van der Waals surface area (Å²) in [5, 5.41) is 22.1. The zero-order chi connectivity index (χ0) is 14.4. The standard InChI is InChI=1S/C11H15N3O5/c1-2-3-4-12-10(15)7-13-6-8(14(18)19)5-9(13)11(16)17/h5-6H,2-4,7H2,1H3,(H,12,15)(H,16,17). The molecule has 19 heavy (non-hydrogen) atoms. The first-order valence-electron chi connectivity index (χ1n) is 5.80. The van der Waals surface area contributed by atoms with Crippen molar-refractivity contribution in [3.05, 3.63) is 28.1 Å². The highest BCUT2D eigenvalue weighted by molar-refractivity contribution is 5.88. The van der Waals surface area contributed by atoms with Crippen LogP contribution >= 0.6 is 0 Å². The highest BCUT2D eigenvalue weighted by Crippen LogP contribution is 2.16. The molecule has 0 aliphatic rings. The maximum absolute atomic E-state index is 11.5. The molecule has 0 fully saturated rings. The first-order chi connectivity index (χ1) is 8.95. The molecule has 0 saturated carbocycles. The number of rotatable bonds is 7. The van der Waals surface area contributed by atoms with E-state index in [2.05, 4.69) is 5.32 Å². The van der Waals surface area contributed by atoms with Gasteiger partial charge in [-0.1, -0.05) is 13.3 Å². The molecule has 0 spiro atoms. The topological polar surface area (TPSA) is 114 Å². The number of unbranched alkanes of at least 4 members (excludes halogenated alkanes) is 1. The minimum absolute atomic E-state index is 0.251. The van der Waals surface area contributed by atoms with Crippen LogP contribution in [0.3, 0.4) is 0 Å². The molecule has 1 heterocycles. The molecule has 0 aromatic carbocycles. The Kier molecular flexibility index (Phi) is 5.04. The number of aromatic nitrogens is 1. The number of carboxylic acids is 1. The van der Waals surface area contributed by atoms with Crippen LogP contribution in [0.4, 0.5) is 5.69 Å². The number of nitrogens with one attached hydrogen (secondary N) is 1. The third-order valence-electron chi connectivity index (χ3n) is 2.48. The van der Waals surface area contributed by atoms with Crippen molar-refractivity contribution in [3.63, 3.8) is 0 Å². The molecule has 1 aromatic heterocycles. The van der Waals surface area contributed by atoms with Gasteiger partial charge >= 0.3 is 5.97 Å². The molecule has 0 saturated heterocycles. The minimum atomic E-state index is -1.31.